The highest BCUT2D eigenvalue weighted by molar-refractivity contribution is 6.05. The number of aliphatic hydroxyl groups is 1. The standard InChI is InChI=1S/C20H21N3O2/c1-14-19(15(2)23(22-14)18-6-4-3-5-7-18)20(25)21-17-10-8-16(9-11-17)12-13-24/h3-11,24H,12-13H2,1-2H3,(H,21,25). The predicted octanol–water partition coefficient (Wildman–Crippen LogP) is 3.28. The lowest BCUT2D eigenvalue weighted by Gasteiger charge is -2.07. The van der Waals surface area contributed by atoms with E-state index in [2.05, 4.69) is 10.4 Å². The van der Waals surface area contributed by atoms with E-state index in [0.29, 0.717) is 17.7 Å². The number of aromatic nitrogens is 2. The molecular formula is C20H21N3O2. The number of aliphatic hydroxyl groups excluding tert-OH is 1. The van der Waals surface area contributed by atoms with Gasteiger partial charge < -0.3 is 10.4 Å². The predicted molar refractivity (Wildman–Crippen MR) is 98.2 cm³/mol. The van der Waals surface area contributed by atoms with Crippen LogP contribution in [0.4, 0.5) is 5.69 Å². The molecule has 128 valence electrons. The van der Waals surface area contributed by atoms with Crippen LogP contribution in [-0.2, 0) is 6.42 Å². The SMILES string of the molecule is Cc1nn(-c2ccccc2)c(C)c1C(=O)Nc1ccc(CCO)cc1. The number of hydrogen-bond donors (Lipinski definition) is 2. The van der Waals surface area contributed by atoms with Crippen molar-refractivity contribution in [3.05, 3.63) is 77.1 Å². The summed E-state index contributed by atoms with van der Waals surface area (Å²) < 4.78 is 1.79. The first kappa shape index (κ1) is 16.9. The third-order valence-electron chi connectivity index (χ3n) is 4.13. The lowest BCUT2D eigenvalue weighted by molar-refractivity contribution is 0.102. The highest BCUT2D eigenvalue weighted by atomic mass is 16.3. The number of carbonyl (C=O) groups excluding carboxylic acids is 1. The minimum atomic E-state index is -0.174. The Morgan fingerprint density at radius 3 is 2.40 bits per heavy atom. The molecule has 1 heterocycles. The molecule has 0 unspecified atom stereocenters. The average molecular weight is 335 g/mol. The van der Waals surface area contributed by atoms with Crippen LogP contribution in [0.3, 0.4) is 0 Å². The Balaban J connectivity index is 1.84. The number of anilines is 1. The van der Waals surface area contributed by atoms with E-state index in [0.717, 1.165) is 22.6 Å². The lowest BCUT2D eigenvalue weighted by atomic mass is 10.1. The largest absolute Gasteiger partial charge is 0.396 e. The van der Waals surface area contributed by atoms with E-state index in [9.17, 15) is 4.79 Å². The molecule has 0 radical (unpaired) electrons. The van der Waals surface area contributed by atoms with Crippen molar-refractivity contribution < 1.29 is 9.90 Å². The van der Waals surface area contributed by atoms with Gasteiger partial charge >= 0.3 is 0 Å². The first-order chi connectivity index (χ1) is 12.1. The van der Waals surface area contributed by atoms with Crippen molar-refractivity contribution in [3.8, 4) is 5.69 Å². The van der Waals surface area contributed by atoms with Crippen molar-refractivity contribution in [2.75, 3.05) is 11.9 Å². The molecule has 0 aliphatic rings. The average Bonchev–Trinajstić information content (AvgIpc) is 2.92. The van der Waals surface area contributed by atoms with E-state index in [-0.39, 0.29) is 12.5 Å². The summed E-state index contributed by atoms with van der Waals surface area (Å²) in [5.41, 5.74) is 4.76. The van der Waals surface area contributed by atoms with Gasteiger partial charge in [0.2, 0.25) is 0 Å². The molecule has 25 heavy (non-hydrogen) atoms. The number of aryl methyl sites for hydroxylation is 1. The van der Waals surface area contributed by atoms with Crippen LogP contribution in [0.5, 0.6) is 0 Å². The van der Waals surface area contributed by atoms with Gasteiger partial charge in [-0.2, -0.15) is 5.10 Å². The molecule has 2 aromatic carbocycles. The number of carbonyl (C=O) groups is 1. The minimum absolute atomic E-state index is 0.114. The van der Waals surface area contributed by atoms with Gasteiger partial charge in [-0.1, -0.05) is 30.3 Å². The van der Waals surface area contributed by atoms with Crippen LogP contribution in [0.25, 0.3) is 5.69 Å². The zero-order chi connectivity index (χ0) is 17.8. The van der Waals surface area contributed by atoms with Crippen LogP contribution in [0, 0.1) is 13.8 Å². The molecule has 3 rings (SSSR count). The summed E-state index contributed by atoms with van der Waals surface area (Å²) in [6, 6.07) is 17.2. The molecule has 0 aliphatic carbocycles. The topological polar surface area (TPSA) is 67.2 Å². The summed E-state index contributed by atoms with van der Waals surface area (Å²) in [6.07, 6.45) is 0.607. The fourth-order valence-electron chi connectivity index (χ4n) is 2.87. The maximum atomic E-state index is 12.7. The van der Waals surface area contributed by atoms with Gasteiger partial charge in [-0.15, -0.1) is 0 Å². The zero-order valence-corrected chi connectivity index (χ0v) is 14.4. The molecule has 0 aliphatic heterocycles. The normalized spacial score (nSPS) is 10.7. The molecule has 1 aromatic heterocycles. The van der Waals surface area contributed by atoms with Crippen LogP contribution in [0.1, 0.15) is 27.3 Å². The molecule has 0 atom stereocenters. The summed E-state index contributed by atoms with van der Waals surface area (Å²) in [5, 5.41) is 16.4. The number of nitrogens with one attached hydrogen (secondary N) is 1. The second-order valence-electron chi connectivity index (χ2n) is 5.92. The van der Waals surface area contributed by atoms with Gasteiger partial charge in [0.1, 0.15) is 0 Å². The Kier molecular flexibility index (Phi) is 4.95. The van der Waals surface area contributed by atoms with E-state index in [1.807, 2.05) is 68.4 Å². The van der Waals surface area contributed by atoms with Crippen LogP contribution in [-0.4, -0.2) is 27.4 Å². The molecule has 1 amide bonds. The zero-order valence-electron chi connectivity index (χ0n) is 14.4. The van der Waals surface area contributed by atoms with E-state index in [1.165, 1.54) is 0 Å². The van der Waals surface area contributed by atoms with Gasteiger partial charge in [0.05, 0.1) is 22.6 Å². The van der Waals surface area contributed by atoms with Crippen LogP contribution in [0.2, 0.25) is 0 Å². The van der Waals surface area contributed by atoms with E-state index in [1.54, 1.807) is 4.68 Å². The number of hydrogen-bond acceptors (Lipinski definition) is 3. The second-order valence-corrected chi connectivity index (χ2v) is 5.92. The van der Waals surface area contributed by atoms with Crippen molar-refractivity contribution in [1.29, 1.82) is 0 Å². The molecule has 2 N–H and O–H groups in total. The first-order valence-corrected chi connectivity index (χ1v) is 8.23. The first-order valence-electron chi connectivity index (χ1n) is 8.23. The summed E-state index contributed by atoms with van der Waals surface area (Å²) in [7, 11) is 0. The summed E-state index contributed by atoms with van der Waals surface area (Å²) in [4.78, 5) is 12.7. The van der Waals surface area contributed by atoms with Gasteiger partial charge in [0.25, 0.3) is 5.91 Å². The van der Waals surface area contributed by atoms with Crippen molar-refractivity contribution >= 4 is 11.6 Å². The van der Waals surface area contributed by atoms with Gasteiger partial charge in [-0.05, 0) is 50.1 Å². The Bertz CT molecular complexity index is 868. The highest BCUT2D eigenvalue weighted by Gasteiger charge is 2.19. The third-order valence-corrected chi connectivity index (χ3v) is 4.13. The van der Waals surface area contributed by atoms with E-state index < -0.39 is 0 Å². The number of para-hydroxylation sites is 1. The number of rotatable bonds is 5. The van der Waals surface area contributed by atoms with E-state index in [4.69, 9.17) is 5.11 Å². The van der Waals surface area contributed by atoms with Crippen LogP contribution < -0.4 is 5.32 Å². The van der Waals surface area contributed by atoms with Gasteiger partial charge in [0.15, 0.2) is 0 Å². The monoisotopic (exact) mass is 335 g/mol. The van der Waals surface area contributed by atoms with Gasteiger partial charge in [0, 0.05) is 12.3 Å². The van der Waals surface area contributed by atoms with Crippen molar-refractivity contribution in [2.24, 2.45) is 0 Å². The number of amides is 1. The van der Waals surface area contributed by atoms with Crippen molar-refractivity contribution in [2.45, 2.75) is 20.3 Å². The highest BCUT2D eigenvalue weighted by Crippen LogP contribution is 2.20. The Morgan fingerprint density at radius 2 is 1.76 bits per heavy atom. The Labute approximate surface area is 146 Å². The molecule has 0 saturated carbocycles. The smallest absolute Gasteiger partial charge is 0.259 e. The fraction of sp³-hybridized carbons (Fsp3) is 0.200. The summed E-state index contributed by atoms with van der Waals surface area (Å²) >= 11 is 0. The molecule has 0 spiro atoms. The quantitative estimate of drug-likeness (QED) is 0.752. The minimum Gasteiger partial charge on any atom is -0.396 e. The maximum Gasteiger partial charge on any atom is 0.259 e. The molecule has 0 fully saturated rings. The Hall–Kier alpha value is -2.92. The molecule has 5 heteroatoms. The van der Waals surface area contributed by atoms with Crippen molar-refractivity contribution in [3.63, 3.8) is 0 Å². The number of benzene rings is 2. The summed E-state index contributed by atoms with van der Waals surface area (Å²) in [6.45, 7) is 3.85. The van der Waals surface area contributed by atoms with Crippen LogP contribution in [0.15, 0.2) is 54.6 Å². The maximum absolute atomic E-state index is 12.7. The fourth-order valence-corrected chi connectivity index (χ4v) is 2.87. The molecular weight excluding hydrogens is 314 g/mol. The number of nitrogens with zero attached hydrogens (tertiary/aromatic N) is 2. The summed E-state index contributed by atoms with van der Waals surface area (Å²) in [5.74, 6) is -0.174. The van der Waals surface area contributed by atoms with Crippen molar-refractivity contribution in [1.82, 2.24) is 9.78 Å². The third kappa shape index (κ3) is 3.61. The van der Waals surface area contributed by atoms with Crippen LogP contribution >= 0.6 is 0 Å². The molecule has 0 saturated heterocycles. The molecule has 3 aromatic rings. The lowest BCUT2D eigenvalue weighted by Crippen LogP contribution is -2.14. The molecule has 0 bridgehead atoms. The second kappa shape index (κ2) is 7.32. The van der Waals surface area contributed by atoms with Gasteiger partial charge in [-0.25, -0.2) is 4.68 Å². The Morgan fingerprint density at radius 1 is 1.08 bits per heavy atom. The molecule has 5 nitrogen and oxygen atoms in total. The van der Waals surface area contributed by atoms with E-state index >= 15 is 0 Å². The van der Waals surface area contributed by atoms with Gasteiger partial charge in [-0.3, -0.25) is 4.79 Å².